The molecule has 21 heavy (non-hydrogen) atoms. The van der Waals surface area contributed by atoms with Crippen LogP contribution in [0.3, 0.4) is 0 Å². The Hall–Kier alpha value is -1.37. The zero-order chi connectivity index (χ0) is 15.4. The lowest BCUT2D eigenvalue weighted by atomic mass is 10.1. The van der Waals surface area contributed by atoms with Crippen molar-refractivity contribution in [2.24, 2.45) is 0 Å². The van der Waals surface area contributed by atoms with Gasteiger partial charge >= 0.3 is 0 Å². The second kappa shape index (κ2) is 7.06. The van der Waals surface area contributed by atoms with Crippen molar-refractivity contribution in [3.8, 4) is 0 Å². The fraction of sp³-hybridized carbons (Fsp3) is 0.429. The highest BCUT2D eigenvalue weighted by Crippen LogP contribution is 2.28. The van der Waals surface area contributed by atoms with Gasteiger partial charge < -0.3 is 14.6 Å². The van der Waals surface area contributed by atoms with Crippen LogP contribution in [-0.2, 0) is 16.0 Å². The number of carbonyl (C=O) groups excluding carboxylic acids is 1. The largest absolute Gasteiger partial charge is 0.374 e. The van der Waals surface area contributed by atoms with Crippen molar-refractivity contribution in [2.75, 3.05) is 13.7 Å². The third-order valence-electron chi connectivity index (χ3n) is 3.20. The van der Waals surface area contributed by atoms with E-state index in [1.165, 1.54) is 11.3 Å². The summed E-state index contributed by atoms with van der Waals surface area (Å²) in [6, 6.07) is 3.72. The van der Waals surface area contributed by atoms with Crippen LogP contribution < -0.4 is 5.32 Å². The molecule has 0 aromatic carbocycles. The molecule has 2 rings (SSSR count). The fourth-order valence-corrected chi connectivity index (χ4v) is 3.12. The van der Waals surface area contributed by atoms with E-state index in [-0.39, 0.29) is 18.4 Å². The first-order valence-corrected chi connectivity index (χ1v) is 7.67. The zero-order valence-electron chi connectivity index (χ0n) is 12.1. The number of rotatable bonds is 6. The van der Waals surface area contributed by atoms with E-state index in [0.29, 0.717) is 16.6 Å². The molecular formula is C14H17ClN2O3S. The minimum Gasteiger partial charge on any atom is -0.374 e. The number of carbonyl (C=O) groups is 1. The van der Waals surface area contributed by atoms with E-state index >= 15 is 0 Å². The number of amides is 1. The maximum atomic E-state index is 12.0. The number of hydrogen-bond acceptors (Lipinski definition) is 5. The van der Waals surface area contributed by atoms with Gasteiger partial charge in [-0.1, -0.05) is 16.8 Å². The van der Waals surface area contributed by atoms with E-state index in [4.69, 9.17) is 20.9 Å². The number of halogens is 1. The number of thiophene rings is 1. The van der Waals surface area contributed by atoms with E-state index < -0.39 is 0 Å². The van der Waals surface area contributed by atoms with Crippen LogP contribution in [0.15, 0.2) is 16.7 Å². The van der Waals surface area contributed by atoms with E-state index in [2.05, 4.69) is 10.5 Å². The van der Waals surface area contributed by atoms with Gasteiger partial charge in [0.15, 0.2) is 0 Å². The quantitative estimate of drug-likeness (QED) is 0.885. The molecule has 0 spiro atoms. The first kappa shape index (κ1) is 16.0. The lowest BCUT2D eigenvalue weighted by molar-refractivity contribution is -0.121. The molecule has 114 valence electrons. The van der Waals surface area contributed by atoms with Crippen LogP contribution in [0, 0.1) is 13.8 Å². The summed E-state index contributed by atoms with van der Waals surface area (Å²) in [4.78, 5) is 13.0. The summed E-state index contributed by atoms with van der Waals surface area (Å²) in [5, 5.41) is 6.70. The highest BCUT2D eigenvalue weighted by atomic mass is 35.5. The molecule has 1 unspecified atom stereocenters. The summed E-state index contributed by atoms with van der Waals surface area (Å²) in [6.45, 7) is 4.02. The van der Waals surface area contributed by atoms with Gasteiger partial charge in [0, 0.05) is 24.1 Å². The Bertz CT molecular complexity index is 604. The number of nitrogens with one attached hydrogen (secondary N) is 1. The van der Waals surface area contributed by atoms with Gasteiger partial charge in [0.05, 0.1) is 16.5 Å². The molecule has 0 fully saturated rings. The van der Waals surface area contributed by atoms with Crippen molar-refractivity contribution in [1.82, 2.24) is 10.5 Å². The number of ether oxygens (including phenoxy) is 1. The zero-order valence-corrected chi connectivity index (χ0v) is 13.7. The van der Waals surface area contributed by atoms with Gasteiger partial charge in [-0.25, -0.2) is 0 Å². The normalized spacial score (nSPS) is 12.4. The van der Waals surface area contributed by atoms with Gasteiger partial charge in [-0.15, -0.1) is 11.3 Å². The van der Waals surface area contributed by atoms with Crippen LogP contribution >= 0.6 is 22.9 Å². The third kappa shape index (κ3) is 4.06. The highest BCUT2D eigenvalue weighted by molar-refractivity contribution is 7.16. The second-order valence-corrected chi connectivity index (χ2v) is 6.40. The molecule has 1 N–H and O–H groups in total. The van der Waals surface area contributed by atoms with Crippen molar-refractivity contribution >= 4 is 28.8 Å². The standard InChI is InChI=1S/C14H17ClN2O3S/c1-8-10(9(2)20-17-8)6-14(18)16-7-11(19-3)12-4-5-13(15)21-12/h4-5,11H,6-7H2,1-3H3,(H,16,18). The summed E-state index contributed by atoms with van der Waals surface area (Å²) in [6.07, 6.45) is 0.0547. The molecule has 0 saturated heterocycles. The van der Waals surface area contributed by atoms with Gasteiger partial charge in [0.25, 0.3) is 0 Å². The Morgan fingerprint density at radius 3 is 2.81 bits per heavy atom. The van der Waals surface area contributed by atoms with Crippen molar-refractivity contribution in [2.45, 2.75) is 26.4 Å². The third-order valence-corrected chi connectivity index (χ3v) is 4.52. The molecule has 7 heteroatoms. The van der Waals surface area contributed by atoms with Gasteiger partial charge in [0.1, 0.15) is 11.9 Å². The number of hydrogen-bond donors (Lipinski definition) is 1. The minimum absolute atomic E-state index is 0.0888. The molecule has 2 aromatic heterocycles. The second-order valence-electron chi connectivity index (χ2n) is 4.65. The number of aryl methyl sites for hydroxylation is 2. The highest BCUT2D eigenvalue weighted by Gasteiger charge is 2.17. The molecule has 0 saturated carbocycles. The van der Waals surface area contributed by atoms with E-state index in [1.54, 1.807) is 14.0 Å². The van der Waals surface area contributed by atoms with Crippen LogP contribution in [0.2, 0.25) is 4.34 Å². The Labute approximate surface area is 132 Å². The summed E-state index contributed by atoms with van der Waals surface area (Å²) in [7, 11) is 1.61. The molecule has 1 amide bonds. The molecule has 0 radical (unpaired) electrons. The molecule has 0 aliphatic heterocycles. The monoisotopic (exact) mass is 328 g/mol. The number of aromatic nitrogens is 1. The summed E-state index contributed by atoms with van der Waals surface area (Å²) in [5.74, 6) is 0.588. The van der Waals surface area contributed by atoms with Crippen LogP contribution in [0.25, 0.3) is 0 Å². The molecule has 0 aliphatic carbocycles. The Balaban J connectivity index is 1.91. The average molecular weight is 329 g/mol. The maximum Gasteiger partial charge on any atom is 0.224 e. The lowest BCUT2D eigenvalue weighted by Gasteiger charge is -2.14. The summed E-state index contributed by atoms with van der Waals surface area (Å²) >= 11 is 7.36. The summed E-state index contributed by atoms with van der Waals surface area (Å²) < 4.78 is 11.1. The lowest BCUT2D eigenvalue weighted by Crippen LogP contribution is -2.30. The predicted octanol–water partition coefficient (Wildman–Crippen LogP) is 3.05. The molecule has 0 aliphatic rings. The fourth-order valence-electron chi connectivity index (χ4n) is 1.99. The first-order chi connectivity index (χ1) is 10.0. The van der Waals surface area contributed by atoms with Crippen LogP contribution in [0.4, 0.5) is 0 Å². The Kier molecular flexibility index (Phi) is 5.39. The number of methoxy groups -OCH3 is 1. The van der Waals surface area contributed by atoms with E-state index in [9.17, 15) is 4.79 Å². The molecule has 2 heterocycles. The average Bonchev–Trinajstić information content (AvgIpc) is 3.00. The Morgan fingerprint density at radius 2 is 2.29 bits per heavy atom. The molecule has 2 aromatic rings. The molecular weight excluding hydrogens is 312 g/mol. The van der Waals surface area contributed by atoms with E-state index in [1.807, 2.05) is 19.1 Å². The number of nitrogens with zero attached hydrogens (tertiary/aromatic N) is 1. The topological polar surface area (TPSA) is 64.4 Å². The smallest absolute Gasteiger partial charge is 0.224 e. The van der Waals surface area contributed by atoms with Crippen molar-refractivity contribution < 1.29 is 14.1 Å². The maximum absolute atomic E-state index is 12.0. The SMILES string of the molecule is COC(CNC(=O)Cc1c(C)noc1C)c1ccc(Cl)s1. The van der Waals surface area contributed by atoms with Crippen molar-refractivity contribution in [1.29, 1.82) is 0 Å². The van der Waals surface area contributed by atoms with Crippen LogP contribution in [-0.4, -0.2) is 24.7 Å². The van der Waals surface area contributed by atoms with Gasteiger partial charge in [0.2, 0.25) is 5.91 Å². The van der Waals surface area contributed by atoms with Gasteiger partial charge in [-0.05, 0) is 26.0 Å². The van der Waals surface area contributed by atoms with Gasteiger partial charge in [-0.3, -0.25) is 4.79 Å². The minimum atomic E-state index is -0.198. The molecule has 0 bridgehead atoms. The van der Waals surface area contributed by atoms with Crippen molar-refractivity contribution in [3.05, 3.63) is 38.4 Å². The van der Waals surface area contributed by atoms with Crippen LogP contribution in [0.1, 0.15) is 28.0 Å². The molecule has 1 atom stereocenters. The van der Waals surface area contributed by atoms with Crippen molar-refractivity contribution in [3.63, 3.8) is 0 Å². The van der Waals surface area contributed by atoms with Crippen LogP contribution in [0.5, 0.6) is 0 Å². The van der Waals surface area contributed by atoms with Gasteiger partial charge in [-0.2, -0.15) is 0 Å². The molecule has 5 nitrogen and oxygen atoms in total. The first-order valence-electron chi connectivity index (χ1n) is 6.47. The van der Waals surface area contributed by atoms with E-state index in [0.717, 1.165) is 16.1 Å². The predicted molar refractivity (Wildman–Crippen MR) is 81.8 cm³/mol. The summed E-state index contributed by atoms with van der Waals surface area (Å²) in [5.41, 5.74) is 1.58. The Morgan fingerprint density at radius 1 is 1.52 bits per heavy atom.